The van der Waals surface area contributed by atoms with E-state index in [1.165, 1.54) is 0 Å². The predicted molar refractivity (Wildman–Crippen MR) is 172 cm³/mol. The van der Waals surface area contributed by atoms with Gasteiger partial charge >= 0.3 is 16.8 Å². The molecule has 0 heterocycles. The van der Waals surface area contributed by atoms with E-state index in [0.29, 0.717) is 28.3 Å². The summed E-state index contributed by atoms with van der Waals surface area (Å²) in [5.74, 6) is -1.06. The van der Waals surface area contributed by atoms with Crippen LogP contribution in [0.2, 0.25) is 0 Å². The minimum absolute atomic E-state index is 0. The van der Waals surface area contributed by atoms with Gasteiger partial charge in [-0.2, -0.15) is 0 Å². The monoisotopic (exact) mass is 663 g/mol. The molecule has 0 saturated heterocycles. The molecule has 2 N–H and O–H groups in total. The fourth-order valence-electron chi connectivity index (χ4n) is 4.07. The first-order valence-electron chi connectivity index (χ1n) is 14.0. The maximum Gasteiger partial charge on any atom is 2.00 e. The first-order valence-corrected chi connectivity index (χ1v) is 14.0. The number of carboxylic acids is 2. The molecule has 3 aromatic carbocycles. The molecule has 0 atom stereocenters. The Labute approximate surface area is 276 Å². The molecule has 0 amide bonds. The van der Waals surface area contributed by atoms with E-state index in [1.54, 1.807) is 25.6 Å². The van der Waals surface area contributed by atoms with Crippen LogP contribution < -0.4 is 14.9 Å². The molecule has 0 spiro atoms. The fraction of sp³-hybridized carbons (Fsp3) is 0.371. The van der Waals surface area contributed by atoms with E-state index in [2.05, 4.69) is 51.5 Å². The second-order valence-corrected chi connectivity index (χ2v) is 12.4. The fourth-order valence-corrected chi connectivity index (χ4v) is 4.07. The Hall–Kier alpha value is -4.15. The quantitative estimate of drug-likeness (QED) is 0.350. The molecule has 0 saturated carbocycles. The van der Waals surface area contributed by atoms with Crippen molar-refractivity contribution in [2.75, 3.05) is 7.11 Å². The SMILES string of the molecule is CC(=O)[O-].CC(=O)[O-].COc1ccc(N=Cc2cc(C)cc(C(C)(C)C)c2O)c(N=Cc2cc(C)cc(C(C)(C)C)c2O)c1.[Co+2]. The molecule has 0 unspecified atom stereocenters. The van der Waals surface area contributed by atoms with Crippen LogP contribution in [0.4, 0.5) is 11.4 Å². The van der Waals surface area contributed by atoms with Crippen molar-refractivity contribution < 1.29 is 51.5 Å². The third-order valence-electron chi connectivity index (χ3n) is 6.05. The van der Waals surface area contributed by atoms with Crippen LogP contribution in [0.15, 0.2) is 52.4 Å². The zero-order valence-corrected chi connectivity index (χ0v) is 28.9. The summed E-state index contributed by atoms with van der Waals surface area (Å²) in [4.78, 5) is 27.1. The van der Waals surface area contributed by atoms with E-state index >= 15 is 0 Å². The van der Waals surface area contributed by atoms with E-state index in [1.807, 2.05) is 50.2 Å². The van der Waals surface area contributed by atoms with Crippen molar-refractivity contribution in [3.05, 3.63) is 75.8 Å². The number of aryl methyl sites for hydroxylation is 2. The molecule has 45 heavy (non-hydrogen) atoms. The van der Waals surface area contributed by atoms with Gasteiger partial charge < -0.3 is 34.8 Å². The zero-order valence-electron chi connectivity index (χ0n) is 27.9. The standard InChI is InChI=1S/C31H38N2O3.2C2H4O2.Co/c1-19-12-21(28(34)24(14-19)30(3,4)5)17-32-26-11-10-23(36-9)16-27(26)33-18-22-13-20(2)15-25(29(22)35)31(6,7)8;2*1-2(3)4;/h10-18,34-35H,1-9H3;2*1H3,(H,3,4);/q;;;+2/p-2. The number of benzene rings is 3. The largest absolute Gasteiger partial charge is 2.00 e. The number of phenols is 2. The van der Waals surface area contributed by atoms with Crippen LogP contribution in [0.25, 0.3) is 0 Å². The van der Waals surface area contributed by atoms with Crippen LogP contribution in [0.5, 0.6) is 17.2 Å². The number of methoxy groups -OCH3 is 1. The van der Waals surface area contributed by atoms with Crippen molar-refractivity contribution in [2.24, 2.45) is 9.98 Å². The van der Waals surface area contributed by atoms with E-state index < -0.39 is 11.9 Å². The van der Waals surface area contributed by atoms with Crippen molar-refractivity contribution in [1.29, 1.82) is 0 Å². The number of hydrogen-bond acceptors (Lipinski definition) is 9. The Bertz CT molecular complexity index is 1510. The average Bonchev–Trinajstić information content (AvgIpc) is 2.87. The molecule has 245 valence electrons. The normalized spacial score (nSPS) is 11.2. The number of carbonyl (C=O) groups is 2. The molecule has 0 fully saturated rings. The average molecular weight is 664 g/mol. The number of aliphatic imine (C=N–C) groups is 2. The number of nitrogens with zero attached hydrogens (tertiary/aromatic N) is 2. The van der Waals surface area contributed by atoms with Gasteiger partial charge in [-0.3, -0.25) is 9.98 Å². The Kier molecular flexibility index (Phi) is 15.8. The summed E-state index contributed by atoms with van der Waals surface area (Å²) in [5, 5.41) is 39.6. The predicted octanol–water partition coefficient (Wildman–Crippen LogP) is 5.33. The molecule has 10 heteroatoms. The molecule has 3 aromatic rings. The van der Waals surface area contributed by atoms with Crippen molar-refractivity contribution in [2.45, 2.75) is 80.1 Å². The number of aliphatic carboxylic acids is 2. The summed E-state index contributed by atoms with van der Waals surface area (Å²) in [6, 6.07) is 13.3. The number of ether oxygens (including phenoxy) is 1. The van der Waals surface area contributed by atoms with Crippen molar-refractivity contribution >= 4 is 35.7 Å². The summed E-state index contributed by atoms with van der Waals surface area (Å²) >= 11 is 0. The van der Waals surface area contributed by atoms with Crippen molar-refractivity contribution in [3.63, 3.8) is 0 Å². The summed E-state index contributed by atoms with van der Waals surface area (Å²) in [5.41, 5.74) is 5.95. The van der Waals surface area contributed by atoms with Crippen LogP contribution in [0.1, 0.15) is 88.8 Å². The van der Waals surface area contributed by atoms with Gasteiger partial charge in [0.05, 0.1) is 18.5 Å². The van der Waals surface area contributed by atoms with Gasteiger partial charge in [0.15, 0.2) is 0 Å². The maximum atomic E-state index is 10.9. The molecule has 9 nitrogen and oxygen atoms in total. The first-order chi connectivity index (χ1) is 20.2. The molecule has 0 aromatic heterocycles. The Morgan fingerprint density at radius 3 is 1.40 bits per heavy atom. The maximum absolute atomic E-state index is 10.9. The van der Waals surface area contributed by atoms with Crippen LogP contribution >= 0.6 is 0 Å². The zero-order chi connectivity index (χ0) is 34.0. The molecule has 0 aliphatic heterocycles. The number of hydrogen-bond donors (Lipinski definition) is 2. The van der Waals surface area contributed by atoms with E-state index in [-0.39, 0.29) is 39.1 Å². The summed E-state index contributed by atoms with van der Waals surface area (Å²) in [7, 11) is 1.60. The smallest absolute Gasteiger partial charge is 0.550 e. The number of rotatable bonds is 5. The second-order valence-electron chi connectivity index (χ2n) is 12.4. The van der Waals surface area contributed by atoms with E-state index in [4.69, 9.17) is 24.5 Å². The number of aromatic hydroxyl groups is 2. The number of phenolic OH excluding ortho intramolecular Hbond substituents is 2. The van der Waals surface area contributed by atoms with Gasteiger partial charge in [0.1, 0.15) is 17.2 Å². The van der Waals surface area contributed by atoms with Crippen LogP contribution in [0.3, 0.4) is 0 Å². The minimum atomic E-state index is -1.08. The number of carboxylic acid groups (broad SMARTS) is 2. The van der Waals surface area contributed by atoms with Gasteiger partial charge in [0.25, 0.3) is 0 Å². The number of carbonyl (C=O) groups excluding carboxylic acids is 2. The van der Waals surface area contributed by atoms with Gasteiger partial charge in [0, 0.05) is 52.7 Å². The summed E-state index contributed by atoms with van der Waals surface area (Å²) in [6.07, 6.45) is 3.33. The molecule has 0 aliphatic rings. The van der Waals surface area contributed by atoms with Gasteiger partial charge in [-0.25, -0.2) is 0 Å². The van der Waals surface area contributed by atoms with Gasteiger partial charge in [-0.15, -0.1) is 0 Å². The molecular formula is C35H44CoN2O7. The molecule has 1 radical (unpaired) electrons. The van der Waals surface area contributed by atoms with Gasteiger partial charge in [-0.05, 0) is 73.9 Å². The molecule has 0 aliphatic carbocycles. The summed E-state index contributed by atoms with van der Waals surface area (Å²) in [6.45, 7) is 18.4. The van der Waals surface area contributed by atoms with Crippen molar-refractivity contribution in [3.8, 4) is 17.2 Å². The Morgan fingerprint density at radius 1 is 0.711 bits per heavy atom. The molecular weight excluding hydrogens is 619 g/mol. The van der Waals surface area contributed by atoms with E-state index in [0.717, 1.165) is 36.1 Å². The van der Waals surface area contributed by atoms with Crippen LogP contribution in [-0.4, -0.2) is 41.7 Å². The van der Waals surface area contributed by atoms with E-state index in [9.17, 15) is 10.2 Å². The third-order valence-corrected chi connectivity index (χ3v) is 6.05. The van der Waals surface area contributed by atoms with Gasteiger partial charge in [-0.1, -0.05) is 53.7 Å². The van der Waals surface area contributed by atoms with Crippen LogP contribution in [0, 0.1) is 13.8 Å². The second kappa shape index (κ2) is 17.4. The minimum Gasteiger partial charge on any atom is -0.550 e. The Morgan fingerprint density at radius 2 is 1.07 bits per heavy atom. The molecule has 0 bridgehead atoms. The summed E-state index contributed by atoms with van der Waals surface area (Å²) < 4.78 is 5.40. The van der Waals surface area contributed by atoms with Crippen LogP contribution in [-0.2, 0) is 37.2 Å². The molecule has 3 rings (SSSR count). The Balaban J connectivity index is 0.00000192. The topological polar surface area (TPSA) is 155 Å². The third kappa shape index (κ3) is 13.6. The first kappa shape index (κ1) is 40.8. The van der Waals surface area contributed by atoms with Crippen molar-refractivity contribution in [1.82, 2.24) is 0 Å². The van der Waals surface area contributed by atoms with Gasteiger partial charge in [0.2, 0.25) is 0 Å².